The summed E-state index contributed by atoms with van der Waals surface area (Å²) >= 11 is 0. The van der Waals surface area contributed by atoms with Crippen molar-refractivity contribution in [3.8, 4) is 17.0 Å². The summed E-state index contributed by atoms with van der Waals surface area (Å²) in [4.78, 5) is 13.4. The Balaban J connectivity index is 1.43. The predicted molar refractivity (Wildman–Crippen MR) is 105 cm³/mol. The number of aromatic nitrogens is 2. The van der Waals surface area contributed by atoms with E-state index in [1.54, 1.807) is 12.1 Å². The number of hydrogen-bond donors (Lipinski definition) is 1. The molecule has 1 aromatic heterocycles. The van der Waals surface area contributed by atoms with E-state index in [-0.39, 0.29) is 13.2 Å². The molecule has 0 radical (unpaired) electrons. The molecule has 174 valence electrons. The van der Waals surface area contributed by atoms with Gasteiger partial charge in [0.2, 0.25) is 0 Å². The Morgan fingerprint density at radius 1 is 1.03 bits per heavy atom. The molecule has 0 spiro atoms. The maximum absolute atomic E-state index is 12.8. The molecule has 0 saturated carbocycles. The van der Waals surface area contributed by atoms with E-state index in [0.29, 0.717) is 33.7 Å². The fourth-order valence-electron chi connectivity index (χ4n) is 3.55. The lowest BCUT2D eigenvalue weighted by atomic mass is 10.1. The van der Waals surface area contributed by atoms with Gasteiger partial charge in [0, 0.05) is 24.2 Å². The number of nitrogens with one attached hydrogen (secondary N) is 1. The van der Waals surface area contributed by atoms with Gasteiger partial charge in [-0.15, -0.1) is 0 Å². The van der Waals surface area contributed by atoms with Crippen LogP contribution in [-0.2, 0) is 19.3 Å². The molecule has 5 nitrogen and oxygen atoms in total. The highest BCUT2D eigenvalue weighted by molar-refractivity contribution is 5.98. The minimum absolute atomic E-state index is 0.0391. The fraction of sp³-hybridized carbons (Fsp3) is 0.273. The van der Waals surface area contributed by atoms with Crippen molar-refractivity contribution in [3.63, 3.8) is 0 Å². The molecule has 1 N–H and O–H groups in total. The summed E-state index contributed by atoms with van der Waals surface area (Å²) in [6, 6.07) is 9.26. The molecule has 1 aliphatic rings. The van der Waals surface area contributed by atoms with Gasteiger partial charge in [-0.3, -0.25) is 9.89 Å². The lowest BCUT2D eigenvalue weighted by molar-refractivity contribution is -0.138. The van der Waals surface area contributed by atoms with Crippen molar-refractivity contribution in [1.82, 2.24) is 15.1 Å². The predicted octanol–water partition coefficient (Wildman–Crippen LogP) is 5.58. The van der Waals surface area contributed by atoms with Crippen molar-refractivity contribution >= 4 is 5.91 Å². The van der Waals surface area contributed by atoms with Crippen LogP contribution >= 0.6 is 0 Å². The van der Waals surface area contributed by atoms with Crippen molar-refractivity contribution in [2.75, 3.05) is 6.54 Å². The van der Waals surface area contributed by atoms with Gasteiger partial charge < -0.3 is 9.64 Å². The number of hydrogen-bond acceptors (Lipinski definition) is 3. The van der Waals surface area contributed by atoms with Gasteiger partial charge in [-0.05, 0) is 41.5 Å². The number of H-pyrrole nitrogens is 1. The Bertz CT molecular complexity index is 1150. The molecule has 2 aromatic carbocycles. The largest absolute Gasteiger partial charge is 0.489 e. The lowest BCUT2D eigenvalue weighted by Crippen LogP contribution is -2.28. The van der Waals surface area contributed by atoms with E-state index < -0.39 is 36.8 Å². The van der Waals surface area contributed by atoms with Crippen molar-refractivity contribution in [2.45, 2.75) is 31.9 Å². The van der Waals surface area contributed by atoms with Gasteiger partial charge in [0.15, 0.2) is 0 Å². The summed E-state index contributed by atoms with van der Waals surface area (Å²) < 4.78 is 81.5. The van der Waals surface area contributed by atoms with Crippen LogP contribution in [0.4, 0.5) is 26.3 Å². The van der Waals surface area contributed by atoms with Crippen LogP contribution in [0.2, 0.25) is 0 Å². The zero-order chi connectivity index (χ0) is 23.8. The van der Waals surface area contributed by atoms with E-state index in [1.165, 1.54) is 24.4 Å². The molecule has 0 atom stereocenters. The van der Waals surface area contributed by atoms with Crippen LogP contribution < -0.4 is 4.74 Å². The van der Waals surface area contributed by atoms with Crippen LogP contribution in [0.3, 0.4) is 0 Å². The van der Waals surface area contributed by atoms with E-state index in [2.05, 4.69) is 10.2 Å². The van der Waals surface area contributed by atoms with Gasteiger partial charge in [0.05, 0.1) is 23.9 Å². The first kappa shape index (κ1) is 22.7. The second kappa shape index (κ2) is 8.45. The van der Waals surface area contributed by atoms with E-state index in [9.17, 15) is 31.1 Å². The third kappa shape index (κ3) is 5.12. The third-order valence-electron chi connectivity index (χ3n) is 5.23. The number of carbonyl (C=O) groups excluding carboxylic acids is 1. The Morgan fingerprint density at radius 2 is 1.76 bits per heavy atom. The number of rotatable bonds is 6. The zero-order valence-electron chi connectivity index (χ0n) is 16.9. The van der Waals surface area contributed by atoms with Crippen LogP contribution in [0.5, 0.6) is 5.75 Å². The van der Waals surface area contributed by atoms with Crippen molar-refractivity contribution < 1.29 is 35.9 Å². The van der Waals surface area contributed by atoms with Gasteiger partial charge in [-0.1, -0.05) is 12.1 Å². The molecular weight excluding hydrogens is 452 g/mol. The lowest BCUT2D eigenvalue weighted by Gasteiger charge is -2.16. The first-order valence-electron chi connectivity index (χ1n) is 9.83. The average molecular weight is 469 g/mol. The SMILES string of the molecule is O=C1c2ccc(OCc3cn[nH]c3-c3ccc(C(F)(F)F)cc3)cc2CN1CCC(F)(F)F. The van der Waals surface area contributed by atoms with Gasteiger partial charge in [-0.2, -0.15) is 31.4 Å². The highest BCUT2D eigenvalue weighted by atomic mass is 19.4. The van der Waals surface area contributed by atoms with Crippen molar-refractivity contribution in [3.05, 3.63) is 70.9 Å². The van der Waals surface area contributed by atoms with Crippen LogP contribution in [-0.4, -0.2) is 33.7 Å². The second-order valence-electron chi connectivity index (χ2n) is 7.54. The van der Waals surface area contributed by atoms with Gasteiger partial charge in [-0.25, -0.2) is 0 Å². The standard InChI is InChI=1S/C22H17F6N3O2/c23-21(24,25)7-8-31-11-14-9-17(5-6-18(14)20(31)32)33-12-15-10-29-30-19(15)13-1-3-16(4-2-13)22(26,27)28/h1-6,9-10H,7-8,11-12H2,(H,29,30). The van der Waals surface area contributed by atoms with Crippen LogP contribution in [0.15, 0.2) is 48.7 Å². The number of nitrogens with zero attached hydrogens (tertiary/aromatic N) is 2. The van der Waals surface area contributed by atoms with Crippen LogP contribution in [0.25, 0.3) is 11.3 Å². The molecule has 33 heavy (non-hydrogen) atoms. The molecule has 0 fully saturated rings. The molecule has 3 aromatic rings. The maximum atomic E-state index is 12.8. The quantitative estimate of drug-likeness (QED) is 0.480. The summed E-state index contributed by atoms with van der Waals surface area (Å²) in [5.74, 6) is -0.0565. The fourth-order valence-corrected chi connectivity index (χ4v) is 3.55. The molecule has 11 heteroatoms. The number of carbonyl (C=O) groups is 1. The molecule has 0 bridgehead atoms. The average Bonchev–Trinajstić information content (AvgIpc) is 3.34. The number of aromatic amines is 1. The Morgan fingerprint density at radius 3 is 2.42 bits per heavy atom. The van der Waals surface area contributed by atoms with Crippen LogP contribution in [0.1, 0.15) is 33.5 Å². The Hall–Kier alpha value is -3.50. The van der Waals surface area contributed by atoms with E-state index in [0.717, 1.165) is 17.0 Å². The molecule has 0 unspecified atom stereocenters. The molecular formula is C22H17F6N3O2. The molecule has 0 saturated heterocycles. The number of halogens is 6. The van der Waals surface area contributed by atoms with Gasteiger partial charge in [0.1, 0.15) is 12.4 Å². The minimum atomic E-state index is -4.43. The summed E-state index contributed by atoms with van der Waals surface area (Å²) in [5, 5.41) is 6.67. The maximum Gasteiger partial charge on any atom is 0.416 e. The monoisotopic (exact) mass is 469 g/mol. The molecule has 4 rings (SSSR count). The summed E-state index contributed by atoms with van der Waals surface area (Å²) in [6.07, 6.45) is -8.37. The highest BCUT2D eigenvalue weighted by Gasteiger charge is 2.33. The Kier molecular flexibility index (Phi) is 5.81. The second-order valence-corrected chi connectivity index (χ2v) is 7.54. The number of amides is 1. The van der Waals surface area contributed by atoms with E-state index in [1.807, 2.05) is 0 Å². The van der Waals surface area contributed by atoms with E-state index >= 15 is 0 Å². The molecule has 2 heterocycles. The minimum Gasteiger partial charge on any atom is -0.489 e. The first-order valence-corrected chi connectivity index (χ1v) is 9.83. The highest BCUT2D eigenvalue weighted by Crippen LogP contribution is 2.32. The zero-order valence-corrected chi connectivity index (χ0v) is 16.9. The third-order valence-corrected chi connectivity index (χ3v) is 5.23. The first-order chi connectivity index (χ1) is 15.5. The topological polar surface area (TPSA) is 58.2 Å². The van der Waals surface area contributed by atoms with Crippen molar-refractivity contribution in [2.24, 2.45) is 0 Å². The van der Waals surface area contributed by atoms with Gasteiger partial charge >= 0.3 is 12.4 Å². The summed E-state index contributed by atoms with van der Waals surface area (Å²) in [6.45, 7) is -0.319. The number of ether oxygens (including phenoxy) is 1. The van der Waals surface area contributed by atoms with Gasteiger partial charge in [0.25, 0.3) is 5.91 Å². The number of fused-ring (bicyclic) bond motifs is 1. The van der Waals surface area contributed by atoms with Crippen molar-refractivity contribution in [1.29, 1.82) is 0 Å². The van der Waals surface area contributed by atoms with Crippen LogP contribution in [0, 0.1) is 0 Å². The normalized spacial score (nSPS) is 14.0. The summed E-state index contributed by atoms with van der Waals surface area (Å²) in [7, 11) is 0. The Labute approximate surface area is 184 Å². The van der Waals surface area contributed by atoms with E-state index in [4.69, 9.17) is 4.74 Å². The molecule has 0 aliphatic carbocycles. The molecule has 1 amide bonds. The summed E-state index contributed by atoms with van der Waals surface area (Å²) in [5.41, 5.74) is 1.73. The smallest absolute Gasteiger partial charge is 0.416 e. The number of benzene rings is 2. The number of alkyl halides is 6. The molecule has 1 aliphatic heterocycles.